The van der Waals surface area contributed by atoms with Crippen LogP contribution in [-0.2, 0) is 41.9 Å². The number of aromatic nitrogens is 2. The summed E-state index contributed by atoms with van der Waals surface area (Å²) in [5, 5.41) is 27.7. The van der Waals surface area contributed by atoms with Gasteiger partial charge in [0.15, 0.2) is 23.2 Å². The second kappa shape index (κ2) is 14.2. The van der Waals surface area contributed by atoms with Crippen LogP contribution in [0.2, 0.25) is 0 Å². The van der Waals surface area contributed by atoms with Gasteiger partial charge in [-0.05, 0) is 17.2 Å². The first-order valence-corrected chi connectivity index (χ1v) is 15.2. The van der Waals surface area contributed by atoms with Crippen LogP contribution in [0.15, 0.2) is 59.0 Å². The van der Waals surface area contributed by atoms with Gasteiger partial charge in [0.05, 0.1) is 6.54 Å². The Labute approximate surface area is 262 Å². The van der Waals surface area contributed by atoms with Gasteiger partial charge >= 0.3 is 18.0 Å². The summed E-state index contributed by atoms with van der Waals surface area (Å²) in [6.07, 6.45) is 3.55. The van der Waals surface area contributed by atoms with E-state index in [4.69, 9.17) is 14.7 Å². The van der Waals surface area contributed by atoms with E-state index < -0.39 is 58.8 Å². The summed E-state index contributed by atoms with van der Waals surface area (Å²) in [7, 11) is 3.22. The minimum absolute atomic E-state index is 0.00617. The average molecular weight is 663 g/mol. The molecule has 19 heteroatoms. The number of ether oxygens (including phenoxy) is 1. The first-order chi connectivity index (χ1) is 21.4. The van der Waals surface area contributed by atoms with Crippen molar-refractivity contribution in [1.29, 1.82) is 0 Å². The second-order valence-corrected chi connectivity index (χ2v) is 12.1. The third kappa shape index (κ3) is 7.75. The molecule has 3 amide bonds. The first kappa shape index (κ1) is 32.9. The van der Waals surface area contributed by atoms with Crippen molar-refractivity contribution in [3.8, 4) is 0 Å². The molecule has 1 saturated heterocycles. The fourth-order valence-electron chi connectivity index (χ4n) is 4.33. The van der Waals surface area contributed by atoms with Crippen LogP contribution in [0, 0.1) is 0 Å². The van der Waals surface area contributed by atoms with Crippen LogP contribution in [0.3, 0.4) is 0 Å². The van der Waals surface area contributed by atoms with Crippen molar-refractivity contribution >= 4 is 63.2 Å². The number of oxime groups is 1. The lowest BCUT2D eigenvalue weighted by Gasteiger charge is -2.51. The number of amides is 3. The highest BCUT2D eigenvalue weighted by molar-refractivity contribution is 7.92. The second-order valence-electron chi connectivity index (χ2n) is 9.67. The van der Waals surface area contributed by atoms with Crippen LogP contribution in [-0.4, -0.2) is 110 Å². The lowest BCUT2D eigenvalue weighted by molar-refractivity contribution is -0.727. The monoisotopic (exact) mass is 662 g/mol. The van der Waals surface area contributed by atoms with E-state index in [0.29, 0.717) is 11.1 Å². The Morgan fingerprint density at radius 2 is 2.09 bits per heavy atom. The SMILES string of the molecule is C=CC1=C(C(=O)O)N2C[C@@H](NC(=O)C(=NOCC(=O)O)c3csc(NC(=O)OC[n+]4cccc(C(=O)N(C)C)c4)n3)[C@H]2[S+]([O-])C1. The zero-order valence-electron chi connectivity index (χ0n) is 23.9. The topological polar surface area (TPSA) is 227 Å². The van der Waals surface area contributed by atoms with E-state index in [0.717, 1.165) is 11.3 Å². The molecule has 1 fully saturated rings. The predicted molar refractivity (Wildman–Crippen MR) is 157 cm³/mol. The molecule has 45 heavy (non-hydrogen) atoms. The van der Waals surface area contributed by atoms with Crippen LogP contribution < -0.4 is 15.2 Å². The maximum absolute atomic E-state index is 13.2. The van der Waals surface area contributed by atoms with E-state index in [2.05, 4.69) is 27.4 Å². The van der Waals surface area contributed by atoms with Gasteiger partial charge in [0.25, 0.3) is 18.5 Å². The van der Waals surface area contributed by atoms with E-state index in [1.165, 1.54) is 32.0 Å². The Kier molecular flexibility index (Phi) is 10.4. The number of carboxylic acid groups (broad SMARTS) is 2. The number of hydrogen-bond donors (Lipinski definition) is 4. The number of fused-ring (bicyclic) bond motifs is 1. The van der Waals surface area contributed by atoms with Gasteiger partial charge in [-0.1, -0.05) is 17.8 Å². The van der Waals surface area contributed by atoms with Crippen molar-refractivity contribution < 1.29 is 52.9 Å². The number of carbonyl (C=O) groups excluding carboxylic acids is 3. The maximum atomic E-state index is 13.2. The zero-order chi connectivity index (χ0) is 32.8. The Balaban J connectivity index is 1.42. The van der Waals surface area contributed by atoms with Gasteiger partial charge in [0.2, 0.25) is 12.0 Å². The number of carbonyl (C=O) groups is 5. The number of nitrogens with zero attached hydrogens (tertiary/aromatic N) is 5. The lowest BCUT2D eigenvalue weighted by atomic mass is 10.0. The quantitative estimate of drug-likeness (QED) is 0.0982. The smallest absolute Gasteiger partial charge is 0.418 e. The molecule has 2 aromatic rings. The predicted octanol–water partition coefficient (Wildman–Crippen LogP) is -0.443. The van der Waals surface area contributed by atoms with E-state index >= 15 is 0 Å². The van der Waals surface area contributed by atoms with Crippen LogP contribution in [0.5, 0.6) is 0 Å². The molecule has 4 rings (SSSR count). The summed E-state index contributed by atoms with van der Waals surface area (Å²) >= 11 is -0.654. The molecular weight excluding hydrogens is 634 g/mol. The summed E-state index contributed by atoms with van der Waals surface area (Å²) in [4.78, 5) is 72.3. The number of nitrogens with one attached hydrogen (secondary N) is 2. The van der Waals surface area contributed by atoms with Crippen molar-refractivity contribution in [3.05, 3.63) is 65.1 Å². The van der Waals surface area contributed by atoms with Gasteiger partial charge in [-0.25, -0.2) is 19.4 Å². The van der Waals surface area contributed by atoms with Gasteiger partial charge in [-0.15, -0.1) is 11.3 Å². The number of carboxylic acids is 2. The van der Waals surface area contributed by atoms with Gasteiger partial charge in [-0.3, -0.25) is 14.9 Å². The number of thiazole rings is 1. The summed E-state index contributed by atoms with van der Waals surface area (Å²) in [5.41, 5.74) is 0.139. The maximum Gasteiger partial charge on any atom is 0.418 e. The fraction of sp³-hybridized carbons (Fsp3) is 0.308. The standard InChI is InChI=1S/C26H27N7O10S2/c1-4-14-12-45(41)23-16(9-33(23)20(14)24(38)39)27-21(36)19(30-43-10-18(34)35)17-11-44-25(28-17)29-26(40)42-13-32-7-5-6-15(8-32)22(37)31(2)3/h4-8,11,16,23H,1,9-10,12-13H2,2-3H3,(H3-,27,28,29,34,35,36,38,39,40)/p+1/t16-,23-,45?/m1/s1. The molecule has 0 aromatic carbocycles. The van der Waals surface area contributed by atoms with Crippen LogP contribution in [0.25, 0.3) is 0 Å². The number of anilines is 1. The molecule has 2 aliphatic heterocycles. The number of hydrogen-bond acceptors (Lipinski definition) is 12. The number of aliphatic carboxylic acids is 2. The normalized spacial score (nSPS) is 19.0. The molecule has 2 aromatic heterocycles. The highest BCUT2D eigenvalue weighted by Crippen LogP contribution is 2.36. The molecule has 0 spiro atoms. The fourth-order valence-corrected chi connectivity index (χ4v) is 6.74. The van der Waals surface area contributed by atoms with Crippen molar-refractivity contribution in [2.45, 2.75) is 18.1 Å². The van der Waals surface area contributed by atoms with Crippen molar-refractivity contribution in [3.63, 3.8) is 0 Å². The molecule has 0 radical (unpaired) electrons. The highest BCUT2D eigenvalue weighted by Gasteiger charge is 2.54. The Bertz CT molecular complexity index is 1590. The van der Waals surface area contributed by atoms with Crippen LogP contribution in [0.4, 0.5) is 9.93 Å². The molecule has 4 N–H and O–H groups in total. The lowest BCUT2D eigenvalue weighted by Crippen LogP contribution is -2.71. The minimum Gasteiger partial charge on any atom is -0.614 e. The molecule has 3 atom stereocenters. The molecule has 1 unspecified atom stereocenters. The number of rotatable bonds is 12. The third-order valence-electron chi connectivity index (χ3n) is 6.34. The molecule has 238 valence electrons. The van der Waals surface area contributed by atoms with Crippen molar-refractivity contribution in [1.82, 2.24) is 20.1 Å². The van der Waals surface area contributed by atoms with Crippen LogP contribution >= 0.6 is 11.3 Å². The zero-order valence-corrected chi connectivity index (χ0v) is 25.5. The molecule has 2 aliphatic rings. The number of pyridine rings is 1. The third-order valence-corrected chi connectivity index (χ3v) is 8.81. The first-order valence-electron chi connectivity index (χ1n) is 12.9. The van der Waals surface area contributed by atoms with Gasteiger partial charge in [-0.2, -0.15) is 4.57 Å². The van der Waals surface area contributed by atoms with E-state index in [1.54, 1.807) is 32.4 Å². The Morgan fingerprint density at radius 1 is 1.33 bits per heavy atom. The summed E-state index contributed by atoms with van der Waals surface area (Å²) in [5.74, 6) is -3.72. The largest absolute Gasteiger partial charge is 0.614 e. The van der Waals surface area contributed by atoms with E-state index in [9.17, 15) is 33.6 Å². The summed E-state index contributed by atoms with van der Waals surface area (Å²) in [6.45, 7) is 2.52. The summed E-state index contributed by atoms with van der Waals surface area (Å²) in [6, 6.07) is 2.50. The highest BCUT2D eigenvalue weighted by atomic mass is 32.2. The molecule has 0 aliphatic carbocycles. The van der Waals surface area contributed by atoms with Gasteiger partial charge in [0.1, 0.15) is 28.7 Å². The molecule has 0 bridgehead atoms. The van der Waals surface area contributed by atoms with Crippen LogP contribution in [0.1, 0.15) is 16.1 Å². The molecule has 17 nitrogen and oxygen atoms in total. The summed E-state index contributed by atoms with van der Waals surface area (Å²) < 4.78 is 19.5. The van der Waals surface area contributed by atoms with Crippen molar-refractivity contribution in [2.75, 3.05) is 38.3 Å². The molecule has 4 heterocycles. The minimum atomic E-state index is -1.56. The van der Waals surface area contributed by atoms with E-state index in [-0.39, 0.29) is 41.5 Å². The number of allylic oxidation sites excluding steroid dienone is 1. The Morgan fingerprint density at radius 3 is 2.76 bits per heavy atom. The van der Waals surface area contributed by atoms with E-state index in [1.807, 2.05) is 0 Å². The van der Waals surface area contributed by atoms with Gasteiger partial charge < -0.3 is 39.5 Å². The molecular formula is C26H28N7O10S2+. The van der Waals surface area contributed by atoms with Gasteiger partial charge in [0, 0.05) is 31.1 Å². The Hall–Kier alpha value is -5.01. The average Bonchev–Trinajstić information content (AvgIpc) is 3.43. The molecule has 0 saturated carbocycles. The van der Waals surface area contributed by atoms with Crippen molar-refractivity contribution in [2.24, 2.45) is 5.16 Å².